The maximum atomic E-state index is 12.2. The van der Waals surface area contributed by atoms with Gasteiger partial charge in [0.1, 0.15) is 0 Å². The molecule has 9 heteroatoms. The van der Waals surface area contributed by atoms with Gasteiger partial charge in [-0.05, 0) is 31.9 Å². The van der Waals surface area contributed by atoms with Gasteiger partial charge in [-0.1, -0.05) is 0 Å². The summed E-state index contributed by atoms with van der Waals surface area (Å²) in [6.07, 6.45) is 1.18. The Bertz CT molecular complexity index is 640. The number of benzene rings is 1. The van der Waals surface area contributed by atoms with Crippen LogP contribution in [0, 0.1) is 10.1 Å². The summed E-state index contributed by atoms with van der Waals surface area (Å²) < 4.78 is 32.3. The zero-order valence-corrected chi connectivity index (χ0v) is 12.3. The third-order valence-electron chi connectivity index (χ3n) is 3.29. The Hall–Kier alpha value is -1.71. The molecule has 1 aliphatic carbocycles. The van der Waals surface area contributed by atoms with Crippen molar-refractivity contribution in [3.63, 3.8) is 0 Å². The molecule has 0 amide bonds. The molecular weight excluding hydrogens is 298 g/mol. The van der Waals surface area contributed by atoms with Crippen molar-refractivity contribution >= 4 is 21.4 Å². The fourth-order valence-electron chi connectivity index (χ4n) is 2.22. The van der Waals surface area contributed by atoms with Crippen molar-refractivity contribution in [1.82, 2.24) is 4.72 Å². The number of nitro benzene ring substituents is 1. The molecule has 8 nitrogen and oxygen atoms in total. The summed E-state index contributed by atoms with van der Waals surface area (Å²) in [5, 5.41) is 11.0. The van der Waals surface area contributed by atoms with E-state index in [1.54, 1.807) is 0 Å². The fourth-order valence-corrected chi connectivity index (χ4v) is 3.64. The van der Waals surface area contributed by atoms with Crippen molar-refractivity contribution in [2.45, 2.75) is 36.8 Å². The van der Waals surface area contributed by atoms with Gasteiger partial charge in [0.25, 0.3) is 5.69 Å². The molecule has 2 rings (SSSR count). The number of hydrogen-bond acceptors (Lipinski definition) is 6. The number of nitrogens with zero attached hydrogens (tertiary/aromatic N) is 1. The van der Waals surface area contributed by atoms with Crippen LogP contribution < -0.4 is 10.5 Å². The third-order valence-corrected chi connectivity index (χ3v) is 4.86. The molecule has 0 saturated heterocycles. The fraction of sp³-hybridized carbons (Fsp3) is 0.500. The van der Waals surface area contributed by atoms with E-state index in [4.69, 9.17) is 10.5 Å². The molecule has 1 aromatic carbocycles. The normalized spacial score (nSPS) is 21.8. The van der Waals surface area contributed by atoms with Crippen LogP contribution in [-0.2, 0) is 14.8 Å². The number of hydrogen-bond donors (Lipinski definition) is 2. The van der Waals surface area contributed by atoms with Crippen LogP contribution in [0.3, 0.4) is 0 Å². The zero-order chi connectivity index (χ0) is 15.6. The Balaban J connectivity index is 2.16. The maximum Gasteiger partial charge on any atom is 0.291 e. The predicted molar refractivity (Wildman–Crippen MR) is 76.3 cm³/mol. The predicted octanol–water partition coefficient (Wildman–Crippen LogP) is 1.02. The molecule has 3 N–H and O–H groups in total. The van der Waals surface area contributed by atoms with Crippen LogP contribution in [0.5, 0.6) is 0 Å². The van der Waals surface area contributed by atoms with E-state index < -0.39 is 20.6 Å². The lowest BCUT2D eigenvalue weighted by Crippen LogP contribution is -2.47. The second-order valence-electron chi connectivity index (χ2n) is 4.85. The minimum Gasteiger partial charge on any atom is -0.399 e. The van der Waals surface area contributed by atoms with Crippen LogP contribution in [0.25, 0.3) is 0 Å². The van der Waals surface area contributed by atoms with Gasteiger partial charge in [0.2, 0.25) is 10.0 Å². The average Bonchev–Trinajstić information content (AvgIpc) is 2.35. The highest BCUT2D eigenvalue weighted by atomic mass is 32.2. The Labute approximate surface area is 122 Å². The highest BCUT2D eigenvalue weighted by Gasteiger charge is 2.35. The lowest BCUT2D eigenvalue weighted by atomic mass is 9.90. The van der Waals surface area contributed by atoms with Crippen molar-refractivity contribution in [2.24, 2.45) is 0 Å². The number of anilines is 1. The SMILES string of the molecule is CCOC1CC(NS(=O)(=O)c2ccc(N)cc2[N+](=O)[O-])C1. The third kappa shape index (κ3) is 3.49. The summed E-state index contributed by atoms with van der Waals surface area (Å²) in [5.41, 5.74) is 5.08. The molecule has 1 aliphatic rings. The molecule has 0 heterocycles. The summed E-state index contributed by atoms with van der Waals surface area (Å²) in [6.45, 7) is 2.45. The highest BCUT2D eigenvalue weighted by molar-refractivity contribution is 7.89. The molecule has 0 spiro atoms. The summed E-state index contributed by atoms with van der Waals surface area (Å²) in [7, 11) is -3.95. The summed E-state index contributed by atoms with van der Waals surface area (Å²) in [6, 6.07) is 3.25. The van der Waals surface area contributed by atoms with E-state index in [0.29, 0.717) is 19.4 Å². The molecule has 0 atom stereocenters. The quantitative estimate of drug-likeness (QED) is 0.459. The molecule has 116 valence electrons. The van der Waals surface area contributed by atoms with Crippen molar-refractivity contribution < 1.29 is 18.1 Å². The standard InChI is InChI=1S/C12H17N3O5S/c1-2-20-10-6-9(7-10)14-21(18,19)12-4-3-8(13)5-11(12)15(16)17/h3-5,9-10,14H,2,6-7,13H2,1H3. The number of nitrogens with one attached hydrogen (secondary N) is 1. The molecule has 1 aromatic rings. The molecule has 0 aromatic heterocycles. The van der Waals surface area contributed by atoms with Crippen LogP contribution in [0.15, 0.2) is 23.1 Å². The Morgan fingerprint density at radius 1 is 1.48 bits per heavy atom. The molecular formula is C12H17N3O5S. The second kappa shape index (κ2) is 5.96. The Kier molecular flexibility index (Phi) is 4.45. The molecule has 1 saturated carbocycles. The first-order chi connectivity index (χ1) is 9.83. The number of rotatable bonds is 6. The summed E-state index contributed by atoms with van der Waals surface area (Å²) >= 11 is 0. The number of nitrogens with two attached hydrogens (primary N) is 1. The van der Waals surface area contributed by atoms with Gasteiger partial charge in [0.05, 0.1) is 11.0 Å². The minimum atomic E-state index is -3.95. The number of nitrogen functional groups attached to an aromatic ring is 1. The topological polar surface area (TPSA) is 125 Å². The Morgan fingerprint density at radius 2 is 2.14 bits per heavy atom. The highest BCUT2D eigenvalue weighted by Crippen LogP contribution is 2.29. The number of sulfonamides is 1. The van der Waals surface area contributed by atoms with Gasteiger partial charge in [-0.3, -0.25) is 10.1 Å². The van der Waals surface area contributed by atoms with Gasteiger partial charge >= 0.3 is 0 Å². The molecule has 1 fully saturated rings. The second-order valence-corrected chi connectivity index (χ2v) is 6.53. The lowest BCUT2D eigenvalue weighted by molar-refractivity contribution is -0.387. The largest absolute Gasteiger partial charge is 0.399 e. The van der Waals surface area contributed by atoms with E-state index in [1.807, 2.05) is 6.92 Å². The van der Waals surface area contributed by atoms with Gasteiger partial charge in [-0.15, -0.1) is 0 Å². The first kappa shape index (κ1) is 15.7. The maximum absolute atomic E-state index is 12.2. The van der Waals surface area contributed by atoms with Crippen molar-refractivity contribution in [1.29, 1.82) is 0 Å². The smallest absolute Gasteiger partial charge is 0.291 e. The average molecular weight is 315 g/mol. The van der Waals surface area contributed by atoms with Gasteiger partial charge in [0.15, 0.2) is 4.90 Å². The summed E-state index contributed by atoms with van der Waals surface area (Å²) in [4.78, 5) is 9.84. The van der Waals surface area contributed by atoms with Gasteiger partial charge in [0, 0.05) is 24.4 Å². The van der Waals surface area contributed by atoms with E-state index in [-0.39, 0.29) is 22.7 Å². The van der Waals surface area contributed by atoms with Crippen LogP contribution >= 0.6 is 0 Å². The van der Waals surface area contributed by atoms with Crippen LogP contribution in [0.2, 0.25) is 0 Å². The molecule has 0 aliphatic heterocycles. The molecule has 0 radical (unpaired) electrons. The summed E-state index contributed by atoms with van der Waals surface area (Å²) in [5.74, 6) is 0. The van der Waals surface area contributed by atoms with Crippen molar-refractivity contribution in [3.8, 4) is 0 Å². The number of nitro groups is 1. The van der Waals surface area contributed by atoms with Crippen molar-refractivity contribution in [3.05, 3.63) is 28.3 Å². The van der Waals surface area contributed by atoms with E-state index in [0.717, 1.165) is 12.1 Å². The Morgan fingerprint density at radius 3 is 2.71 bits per heavy atom. The number of ether oxygens (including phenoxy) is 1. The lowest BCUT2D eigenvalue weighted by Gasteiger charge is -2.34. The van der Waals surface area contributed by atoms with Crippen LogP contribution in [0.1, 0.15) is 19.8 Å². The van der Waals surface area contributed by atoms with Gasteiger partial charge < -0.3 is 10.5 Å². The van der Waals surface area contributed by atoms with E-state index in [2.05, 4.69) is 4.72 Å². The van der Waals surface area contributed by atoms with E-state index in [1.165, 1.54) is 6.07 Å². The first-order valence-corrected chi connectivity index (χ1v) is 7.99. The molecule has 0 unspecified atom stereocenters. The minimum absolute atomic E-state index is 0.0455. The van der Waals surface area contributed by atoms with Gasteiger partial charge in [-0.25, -0.2) is 13.1 Å². The molecule has 21 heavy (non-hydrogen) atoms. The van der Waals surface area contributed by atoms with E-state index >= 15 is 0 Å². The monoisotopic (exact) mass is 315 g/mol. The molecule has 0 bridgehead atoms. The van der Waals surface area contributed by atoms with Gasteiger partial charge in [-0.2, -0.15) is 0 Å². The van der Waals surface area contributed by atoms with Crippen LogP contribution in [0.4, 0.5) is 11.4 Å². The van der Waals surface area contributed by atoms with Crippen LogP contribution in [-0.4, -0.2) is 32.1 Å². The van der Waals surface area contributed by atoms with E-state index in [9.17, 15) is 18.5 Å². The first-order valence-electron chi connectivity index (χ1n) is 6.51. The zero-order valence-electron chi connectivity index (χ0n) is 11.5. The van der Waals surface area contributed by atoms with Crippen molar-refractivity contribution in [2.75, 3.05) is 12.3 Å².